The molecule has 0 unspecified atom stereocenters. The number of halogens is 1. The summed E-state index contributed by atoms with van der Waals surface area (Å²) >= 11 is 4.43. The van der Waals surface area contributed by atoms with E-state index in [1.54, 1.807) is 32.9 Å². The van der Waals surface area contributed by atoms with Crippen LogP contribution < -0.4 is 0 Å². The van der Waals surface area contributed by atoms with Gasteiger partial charge in [0.25, 0.3) is 0 Å². The van der Waals surface area contributed by atoms with Gasteiger partial charge in [-0.1, -0.05) is 15.9 Å². The van der Waals surface area contributed by atoms with Gasteiger partial charge in [-0.25, -0.2) is 4.79 Å². The third kappa shape index (κ3) is 5.65. The van der Waals surface area contributed by atoms with Crippen LogP contribution in [0.5, 0.6) is 0 Å². The van der Waals surface area contributed by atoms with Gasteiger partial charge in [0.1, 0.15) is 5.60 Å². The standard InChI is InChI=1S/C13H15BrO4S/c1-13(2,3)18-11(15)7-19-10-6-8(14)4-5-9(10)12(16)17/h4-6H,7H2,1-3H3,(H,16,17). The van der Waals surface area contributed by atoms with Crippen LogP contribution in [-0.2, 0) is 9.53 Å². The Kier molecular flexibility index (Phi) is 5.43. The lowest BCUT2D eigenvalue weighted by molar-refractivity contribution is -0.151. The predicted molar refractivity (Wildman–Crippen MR) is 77.7 cm³/mol. The van der Waals surface area contributed by atoms with E-state index in [9.17, 15) is 9.59 Å². The van der Waals surface area contributed by atoms with Gasteiger partial charge in [-0.3, -0.25) is 4.79 Å². The highest BCUT2D eigenvalue weighted by molar-refractivity contribution is 9.10. The molecule has 0 amide bonds. The molecule has 1 N–H and O–H groups in total. The largest absolute Gasteiger partial charge is 0.478 e. The van der Waals surface area contributed by atoms with Gasteiger partial charge in [-0.05, 0) is 39.0 Å². The van der Waals surface area contributed by atoms with Crippen LogP contribution >= 0.6 is 27.7 Å². The van der Waals surface area contributed by atoms with E-state index in [1.165, 1.54) is 6.07 Å². The van der Waals surface area contributed by atoms with Crippen molar-refractivity contribution in [3.05, 3.63) is 28.2 Å². The van der Waals surface area contributed by atoms with Crippen LogP contribution in [0.2, 0.25) is 0 Å². The molecular weight excluding hydrogens is 332 g/mol. The van der Waals surface area contributed by atoms with Crippen molar-refractivity contribution in [1.29, 1.82) is 0 Å². The minimum atomic E-state index is -1.01. The summed E-state index contributed by atoms with van der Waals surface area (Å²) in [5, 5.41) is 9.06. The number of aromatic carboxylic acids is 1. The van der Waals surface area contributed by atoms with Crippen molar-refractivity contribution in [1.82, 2.24) is 0 Å². The van der Waals surface area contributed by atoms with Crippen molar-refractivity contribution < 1.29 is 19.4 Å². The monoisotopic (exact) mass is 346 g/mol. The lowest BCUT2D eigenvalue weighted by Crippen LogP contribution is -2.24. The van der Waals surface area contributed by atoms with Crippen molar-refractivity contribution in [3.8, 4) is 0 Å². The van der Waals surface area contributed by atoms with Gasteiger partial charge in [0, 0.05) is 9.37 Å². The van der Waals surface area contributed by atoms with Gasteiger partial charge in [0.05, 0.1) is 11.3 Å². The van der Waals surface area contributed by atoms with E-state index in [2.05, 4.69) is 15.9 Å². The first kappa shape index (κ1) is 16.0. The minimum absolute atomic E-state index is 0.0774. The second-order valence-corrected chi connectivity index (χ2v) is 6.75. The molecule has 0 saturated heterocycles. The summed E-state index contributed by atoms with van der Waals surface area (Å²) in [6, 6.07) is 4.84. The van der Waals surface area contributed by atoms with Crippen LogP contribution in [0.15, 0.2) is 27.6 Å². The molecule has 0 fully saturated rings. The molecule has 1 rings (SSSR count). The Morgan fingerprint density at radius 2 is 2.00 bits per heavy atom. The summed E-state index contributed by atoms with van der Waals surface area (Å²) in [5.41, 5.74) is -0.360. The van der Waals surface area contributed by atoms with Crippen LogP contribution in [0.1, 0.15) is 31.1 Å². The summed E-state index contributed by atoms with van der Waals surface area (Å²) < 4.78 is 5.94. The SMILES string of the molecule is CC(C)(C)OC(=O)CSc1cc(Br)ccc1C(=O)O. The van der Waals surface area contributed by atoms with Crippen LogP contribution in [-0.4, -0.2) is 28.4 Å². The van der Waals surface area contributed by atoms with Gasteiger partial charge in [0.2, 0.25) is 0 Å². The first-order valence-corrected chi connectivity index (χ1v) is 7.34. The quantitative estimate of drug-likeness (QED) is 0.666. The molecule has 6 heteroatoms. The Hall–Kier alpha value is -1.01. The average Bonchev–Trinajstić information content (AvgIpc) is 2.23. The average molecular weight is 347 g/mol. The van der Waals surface area contributed by atoms with Crippen molar-refractivity contribution in [3.63, 3.8) is 0 Å². The number of esters is 1. The zero-order valence-electron chi connectivity index (χ0n) is 10.9. The summed E-state index contributed by atoms with van der Waals surface area (Å²) in [6.45, 7) is 5.37. The zero-order chi connectivity index (χ0) is 14.6. The highest BCUT2D eigenvalue weighted by Crippen LogP contribution is 2.27. The molecule has 0 aliphatic heterocycles. The number of carboxylic acids is 1. The molecule has 0 aliphatic rings. The maximum atomic E-state index is 11.6. The first-order chi connectivity index (χ1) is 8.69. The molecule has 0 aromatic heterocycles. The van der Waals surface area contributed by atoms with Gasteiger partial charge >= 0.3 is 11.9 Å². The third-order valence-corrected chi connectivity index (χ3v) is 3.46. The third-order valence-electron chi connectivity index (χ3n) is 1.94. The number of rotatable bonds is 4. The maximum absolute atomic E-state index is 11.6. The maximum Gasteiger partial charge on any atom is 0.336 e. The molecule has 0 saturated carbocycles. The lowest BCUT2D eigenvalue weighted by atomic mass is 10.2. The summed E-state index contributed by atoms with van der Waals surface area (Å²) in [6.07, 6.45) is 0. The number of carbonyl (C=O) groups is 2. The van der Waals surface area contributed by atoms with E-state index in [0.717, 1.165) is 16.2 Å². The van der Waals surface area contributed by atoms with E-state index in [0.29, 0.717) is 4.90 Å². The molecule has 104 valence electrons. The van der Waals surface area contributed by atoms with E-state index in [4.69, 9.17) is 9.84 Å². The van der Waals surface area contributed by atoms with Gasteiger partial charge in [0.15, 0.2) is 0 Å². The Bertz CT molecular complexity index is 494. The van der Waals surface area contributed by atoms with Crippen molar-refractivity contribution in [2.75, 3.05) is 5.75 Å². The van der Waals surface area contributed by atoms with Crippen LogP contribution in [0.25, 0.3) is 0 Å². The van der Waals surface area contributed by atoms with Crippen LogP contribution in [0.3, 0.4) is 0 Å². The molecule has 0 heterocycles. The first-order valence-electron chi connectivity index (χ1n) is 5.56. The van der Waals surface area contributed by atoms with Gasteiger partial charge in [-0.2, -0.15) is 0 Å². The molecule has 0 aliphatic carbocycles. The number of benzene rings is 1. The highest BCUT2D eigenvalue weighted by Gasteiger charge is 2.18. The fourth-order valence-electron chi connectivity index (χ4n) is 1.30. The van der Waals surface area contributed by atoms with Gasteiger partial charge < -0.3 is 9.84 Å². The number of hydrogen-bond donors (Lipinski definition) is 1. The van der Waals surface area contributed by atoms with E-state index < -0.39 is 11.6 Å². The lowest BCUT2D eigenvalue weighted by Gasteiger charge is -2.19. The molecule has 1 aromatic rings. The molecule has 0 spiro atoms. The normalized spacial score (nSPS) is 11.2. The molecule has 4 nitrogen and oxygen atoms in total. The van der Waals surface area contributed by atoms with Crippen molar-refractivity contribution in [2.45, 2.75) is 31.3 Å². The molecule has 0 bridgehead atoms. The molecular formula is C13H15BrO4S. The second kappa shape index (κ2) is 6.43. The number of carboxylic acid groups (broad SMARTS) is 1. The smallest absolute Gasteiger partial charge is 0.336 e. The molecule has 1 aromatic carbocycles. The Morgan fingerprint density at radius 1 is 1.37 bits per heavy atom. The number of thioether (sulfide) groups is 1. The van der Waals surface area contributed by atoms with Crippen LogP contribution in [0.4, 0.5) is 0 Å². The summed E-state index contributed by atoms with van der Waals surface area (Å²) in [5.74, 6) is -1.30. The summed E-state index contributed by atoms with van der Waals surface area (Å²) in [4.78, 5) is 23.2. The van der Waals surface area contributed by atoms with Gasteiger partial charge in [-0.15, -0.1) is 11.8 Å². The van der Waals surface area contributed by atoms with E-state index in [1.807, 2.05) is 0 Å². The minimum Gasteiger partial charge on any atom is -0.478 e. The number of ether oxygens (including phenoxy) is 1. The van der Waals surface area contributed by atoms with E-state index >= 15 is 0 Å². The fourth-order valence-corrected chi connectivity index (χ4v) is 2.67. The van der Waals surface area contributed by atoms with E-state index in [-0.39, 0.29) is 17.3 Å². The number of hydrogen-bond acceptors (Lipinski definition) is 4. The highest BCUT2D eigenvalue weighted by atomic mass is 79.9. The number of carbonyl (C=O) groups excluding carboxylic acids is 1. The molecule has 0 radical (unpaired) electrons. The molecule has 0 atom stereocenters. The van der Waals surface area contributed by atoms with Crippen molar-refractivity contribution in [2.24, 2.45) is 0 Å². The molecule has 19 heavy (non-hydrogen) atoms. The predicted octanol–water partition coefficient (Wildman–Crippen LogP) is 3.58. The zero-order valence-corrected chi connectivity index (χ0v) is 13.3. The topological polar surface area (TPSA) is 63.6 Å². The fraction of sp³-hybridized carbons (Fsp3) is 0.385. The van der Waals surface area contributed by atoms with Crippen molar-refractivity contribution >= 4 is 39.6 Å². The second-order valence-electron chi connectivity index (χ2n) is 4.82. The Morgan fingerprint density at radius 3 is 2.53 bits per heavy atom. The Balaban J connectivity index is 2.75. The van der Waals surface area contributed by atoms with Crippen LogP contribution in [0, 0.1) is 0 Å². The summed E-state index contributed by atoms with van der Waals surface area (Å²) in [7, 11) is 0. The Labute approximate surface area is 124 Å².